The molecule has 0 bridgehead atoms. The van der Waals surface area contributed by atoms with E-state index >= 15 is 0 Å². The fourth-order valence-corrected chi connectivity index (χ4v) is 1.43. The fraction of sp³-hybridized carbons (Fsp3) is 0.455. The van der Waals surface area contributed by atoms with Gasteiger partial charge in [-0.15, -0.1) is 0 Å². The normalized spacial score (nSPS) is 13.3. The maximum absolute atomic E-state index is 6.05. The van der Waals surface area contributed by atoms with Gasteiger partial charge in [0.25, 0.3) is 0 Å². The summed E-state index contributed by atoms with van der Waals surface area (Å²) in [6.07, 6.45) is 0. The standard InChI is InChI=1S/C11H18N2/c1-7(2)11(13)10-5-4-9(12)6-8(10)3/h4-7,11H,12-13H2,1-3H3/t11-/m1/s1. The molecule has 0 radical (unpaired) electrons. The summed E-state index contributed by atoms with van der Waals surface area (Å²) in [4.78, 5) is 0. The quantitative estimate of drug-likeness (QED) is 0.682. The molecule has 0 aliphatic heterocycles. The Labute approximate surface area is 79.9 Å². The molecule has 0 saturated carbocycles. The summed E-state index contributed by atoms with van der Waals surface area (Å²) in [5.41, 5.74) is 14.9. The minimum atomic E-state index is 0.112. The van der Waals surface area contributed by atoms with Crippen molar-refractivity contribution in [1.82, 2.24) is 0 Å². The van der Waals surface area contributed by atoms with Crippen molar-refractivity contribution in [3.63, 3.8) is 0 Å². The lowest BCUT2D eigenvalue weighted by atomic mass is 9.93. The van der Waals surface area contributed by atoms with Crippen LogP contribution in [0, 0.1) is 12.8 Å². The van der Waals surface area contributed by atoms with Gasteiger partial charge < -0.3 is 11.5 Å². The van der Waals surface area contributed by atoms with Crippen LogP contribution < -0.4 is 11.5 Å². The second kappa shape index (κ2) is 3.79. The van der Waals surface area contributed by atoms with Gasteiger partial charge in [0.1, 0.15) is 0 Å². The average molecular weight is 178 g/mol. The van der Waals surface area contributed by atoms with Gasteiger partial charge in [-0.2, -0.15) is 0 Å². The van der Waals surface area contributed by atoms with E-state index in [1.54, 1.807) is 0 Å². The van der Waals surface area contributed by atoms with Gasteiger partial charge in [-0.3, -0.25) is 0 Å². The predicted molar refractivity (Wildman–Crippen MR) is 57.4 cm³/mol. The van der Waals surface area contributed by atoms with Crippen LogP contribution in [0.2, 0.25) is 0 Å². The smallest absolute Gasteiger partial charge is 0.0320 e. The van der Waals surface area contributed by atoms with Crippen molar-refractivity contribution in [2.24, 2.45) is 11.7 Å². The number of nitrogen functional groups attached to an aromatic ring is 1. The van der Waals surface area contributed by atoms with Crippen molar-refractivity contribution in [1.29, 1.82) is 0 Å². The SMILES string of the molecule is Cc1cc(N)ccc1[C@H](N)C(C)C. The second-order valence-corrected chi connectivity index (χ2v) is 3.89. The molecule has 1 atom stereocenters. The maximum atomic E-state index is 6.05. The number of hydrogen-bond donors (Lipinski definition) is 2. The molecule has 1 aromatic carbocycles. The summed E-state index contributed by atoms with van der Waals surface area (Å²) >= 11 is 0. The molecule has 0 spiro atoms. The molecule has 0 aliphatic carbocycles. The number of rotatable bonds is 2. The van der Waals surface area contributed by atoms with Crippen molar-refractivity contribution in [3.05, 3.63) is 29.3 Å². The monoisotopic (exact) mass is 178 g/mol. The van der Waals surface area contributed by atoms with Gasteiger partial charge in [-0.1, -0.05) is 19.9 Å². The van der Waals surface area contributed by atoms with Gasteiger partial charge in [0, 0.05) is 11.7 Å². The zero-order valence-electron chi connectivity index (χ0n) is 8.54. The molecule has 0 amide bonds. The van der Waals surface area contributed by atoms with Crippen LogP contribution in [0.15, 0.2) is 18.2 Å². The van der Waals surface area contributed by atoms with Crippen LogP contribution in [-0.2, 0) is 0 Å². The second-order valence-electron chi connectivity index (χ2n) is 3.89. The lowest BCUT2D eigenvalue weighted by molar-refractivity contribution is 0.512. The zero-order valence-corrected chi connectivity index (χ0v) is 8.54. The summed E-state index contributed by atoms with van der Waals surface area (Å²) < 4.78 is 0. The highest BCUT2D eigenvalue weighted by Gasteiger charge is 2.12. The lowest BCUT2D eigenvalue weighted by Gasteiger charge is -2.18. The van der Waals surface area contributed by atoms with Gasteiger partial charge in [0.15, 0.2) is 0 Å². The Morgan fingerprint density at radius 1 is 1.23 bits per heavy atom. The summed E-state index contributed by atoms with van der Waals surface area (Å²) in [5, 5.41) is 0. The van der Waals surface area contributed by atoms with Crippen LogP contribution in [0.3, 0.4) is 0 Å². The third-order valence-corrected chi connectivity index (χ3v) is 2.37. The first-order chi connectivity index (χ1) is 6.02. The van der Waals surface area contributed by atoms with Crippen LogP contribution in [-0.4, -0.2) is 0 Å². The molecular formula is C11H18N2. The summed E-state index contributed by atoms with van der Waals surface area (Å²) in [6, 6.07) is 6.01. The number of anilines is 1. The third kappa shape index (κ3) is 2.22. The molecule has 2 heteroatoms. The Kier molecular flexibility index (Phi) is 2.94. The van der Waals surface area contributed by atoms with Crippen LogP contribution in [0.5, 0.6) is 0 Å². The highest BCUT2D eigenvalue weighted by molar-refractivity contribution is 5.45. The van der Waals surface area contributed by atoms with Gasteiger partial charge in [0.05, 0.1) is 0 Å². The Morgan fingerprint density at radius 3 is 2.31 bits per heavy atom. The van der Waals surface area contributed by atoms with E-state index in [0.717, 1.165) is 5.69 Å². The fourth-order valence-electron chi connectivity index (χ4n) is 1.43. The Bertz CT molecular complexity index is 292. The lowest BCUT2D eigenvalue weighted by Crippen LogP contribution is -2.17. The first-order valence-corrected chi connectivity index (χ1v) is 4.64. The molecule has 2 nitrogen and oxygen atoms in total. The molecule has 0 unspecified atom stereocenters. The van der Waals surface area contributed by atoms with Crippen LogP contribution in [0.25, 0.3) is 0 Å². The van der Waals surface area contributed by atoms with Crippen molar-refractivity contribution < 1.29 is 0 Å². The first-order valence-electron chi connectivity index (χ1n) is 4.64. The van der Waals surface area contributed by atoms with Crippen LogP contribution in [0.4, 0.5) is 5.69 Å². The minimum absolute atomic E-state index is 0.112. The van der Waals surface area contributed by atoms with E-state index in [-0.39, 0.29) is 6.04 Å². The Hall–Kier alpha value is -1.02. The highest BCUT2D eigenvalue weighted by Crippen LogP contribution is 2.23. The summed E-state index contributed by atoms with van der Waals surface area (Å²) in [7, 11) is 0. The number of benzene rings is 1. The molecule has 4 N–H and O–H groups in total. The van der Waals surface area contributed by atoms with E-state index in [1.807, 2.05) is 25.1 Å². The van der Waals surface area contributed by atoms with E-state index in [4.69, 9.17) is 11.5 Å². The molecule has 0 aliphatic rings. The maximum Gasteiger partial charge on any atom is 0.0320 e. The number of hydrogen-bond acceptors (Lipinski definition) is 2. The molecule has 72 valence electrons. The van der Waals surface area contributed by atoms with Gasteiger partial charge in [-0.25, -0.2) is 0 Å². The molecule has 0 aromatic heterocycles. The predicted octanol–water partition coefficient (Wildman–Crippen LogP) is 2.23. The van der Waals surface area contributed by atoms with Crippen LogP contribution in [0.1, 0.15) is 31.0 Å². The largest absolute Gasteiger partial charge is 0.399 e. The average Bonchev–Trinajstić information content (AvgIpc) is 2.03. The molecule has 1 aromatic rings. The number of nitrogens with two attached hydrogens (primary N) is 2. The van der Waals surface area contributed by atoms with Crippen LogP contribution >= 0.6 is 0 Å². The molecular weight excluding hydrogens is 160 g/mol. The molecule has 0 fully saturated rings. The third-order valence-electron chi connectivity index (χ3n) is 2.37. The molecule has 13 heavy (non-hydrogen) atoms. The molecule has 0 heterocycles. The topological polar surface area (TPSA) is 52.0 Å². The van der Waals surface area contributed by atoms with Gasteiger partial charge in [-0.05, 0) is 36.1 Å². The molecule has 1 rings (SSSR count). The number of aryl methyl sites for hydroxylation is 1. The first kappa shape index (κ1) is 10.1. The zero-order chi connectivity index (χ0) is 10.0. The Morgan fingerprint density at radius 2 is 1.85 bits per heavy atom. The van der Waals surface area contributed by atoms with Gasteiger partial charge >= 0.3 is 0 Å². The van der Waals surface area contributed by atoms with E-state index < -0.39 is 0 Å². The van der Waals surface area contributed by atoms with E-state index in [1.165, 1.54) is 11.1 Å². The van der Waals surface area contributed by atoms with Crippen molar-refractivity contribution >= 4 is 5.69 Å². The minimum Gasteiger partial charge on any atom is -0.399 e. The highest BCUT2D eigenvalue weighted by atomic mass is 14.6. The summed E-state index contributed by atoms with van der Waals surface area (Å²) in [6.45, 7) is 6.30. The summed E-state index contributed by atoms with van der Waals surface area (Å²) in [5.74, 6) is 0.460. The van der Waals surface area contributed by atoms with Crippen molar-refractivity contribution in [3.8, 4) is 0 Å². The van der Waals surface area contributed by atoms with Crippen molar-refractivity contribution in [2.75, 3.05) is 5.73 Å². The molecule has 0 saturated heterocycles. The van der Waals surface area contributed by atoms with Crippen molar-refractivity contribution in [2.45, 2.75) is 26.8 Å². The Balaban J connectivity index is 3.01. The van der Waals surface area contributed by atoms with E-state index in [0.29, 0.717) is 5.92 Å². The van der Waals surface area contributed by atoms with E-state index in [9.17, 15) is 0 Å². The van der Waals surface area contributed by atoms with Gasteiger partial charge in [0.2, 0.25) is 0 Å². The van der Waals surface area contributed by atoms with E-state index in [2.05, 4.69) is 13.8 Å².